The first-order valence-electron chi connectivity index (χ1n) is 5.43. The van der Waals surface area contributed by atoms with Crippen molar-refractivity contribution in [2.24, 2.45) is 5.41 Å². The molecule has 2 atom stereocenters. The van der Waals surface area contributed by atoms with E-state index in [2.05, 4.69) is 73.6 Å². The molecule has 15 heavy (non-hydrogen) atoms. The lowest BCUT2D eigenvalue weighted by Crippen LogP contribution is -2.20. The van der Waals surface area contributed by atoms with Crippen molar-refractivity contribution >= 4 is 15.9 Å². The van der Waals surface area contributed by atoms with Gasteiger partial charge in [-0.2, -0.15) is 0 Å². The van der Waals surface area contributed by atoms with E-state index in [1.165, 1.54) is 10.0 Å². The van der Waals surface area contributed by atoms with E-state index in [1.807, 2.05) is 0 Å². The highest BCUT2D eigenvalue weighted by Gasteiger charge is 2.27. The standard InChI is InChI=1S/C14H19Br/c1-5-14(4,6-2)11(3)12-9-7-8-10-13(12)15/h5,7-11H,1,6H2,2-4H3/t11-,14-/m1/s1. The Balaban J connectivity index is 3.08. The normalized spacial score (nSPS) is 16.8. The molecule has 1 aromatic carbocycles. The van der Waals surface area contributed by atoms with Crippen LogP contribution in [0.2, 0.25) is 0 Å². The quantitative estimate of drug-likeness (QED) is 0.661. The third kappa shape index (κ3) is 2.52. The van der Waals surface area contributed by atoms with E-state index in [-0.39, 0.29) is 5.41 Å². The first-order chi connectivity index (χ1) is 7.05. The number of benzene rings is 1. The van der Waals surface area contributed by atoms with Gasteiger partial charge in [0.15, 0.2) is 0 Å². The molecule has 0 aromatic heterocycles. The van der Waals surface area contributed by atoms with E-state index < -0.39 is 0 Å². The SMILES string of the molecule is C=C[C@](C)(CC)[C@H](C)c1ccccc1Br. The first-order valence-corrected chi connectivity index (χ1v) is 6.22. The van der Waals surface area contributed by atoms with Crippen molar-refractivity contribution in [3.63, 3.8) is 0 Å². The van der Waals surface area contributed by atoms with Crippen molar-refractivity contribution in [1.29, 1.82) is 0 Å². The summed E-state index contributed by atoms with van der Waals surface area (Å²) >= 11 is 3.61. The highest BCUT2D eigenvalue weighted by atomic mass is 79.9. The molecular weight excluding hydrogens is 248 g/mol. The Morgan fingerprint density at radius 3 is 2.53 bits per heavy atom. The van der Waals surface area contributed by atoms with Gasteiger partial charge in [-0.05, 0) is 29.4 Å². The topological polar surface area (TPSA) is 0 Å². The molecule has 0 nitrogen and oxygen atoms in total. The van der Waals surface area contributed by atoms with Crippen LogP contribution in [0.1, 0.15) is 38.7 Å². The highest BCUT2D eigenvalue weighted by molar-refractivity contribution is 9.10. The summed E-state index contributed by atoms with van der Waals surface area (Å²) in [6, 6.07) is 8.43. The van der Waals surface area contributed by atoms with Crippen molar-refractivity contribution in [3.05, 3.63) is 47.0 Å². The van der Waals surface area contributed by atoms with Gasteiger partial charge in [-0.1, -0.05) is 61.0 Å². The molecule has 1 rings (SSSR count). The maximum absolute atomic E-state index is 3.96. The molecule has 82 valence electrons. The van der Waals surface area contributed by atoms with E-state index >= 15 is 0 Å². The predicted molar refractivity (Wildman–Crippen MR) is 71.2 cm³/mol. The average Bonchev–Trinajstić information content (AvgIpc) is 2.28. The number of hydrogen-bond acceptors (Lipinski definition) is 0. The van der Waals surface area contributed by atoms with Crippen LogP contribution in [0, 0.1) is 5.41 Å². The van der Waals surface area contributed by atoms with Gasteiger partial charge in [0, 0.05) is 4.47 Å². The minimum absolute atomic E-state index is 0.171. The summed E-state index contributed by atoms with van der Waals surface area (Å²) in [5.41, 5.74) is 1.53. The minimum atomic E-state index is 0.171. The van der Waals surface area contributed by atoms with Crippen LogP contribution in [-0.2, 0) is 0 Å². The number of halogens is 1. The number of hydrogen-bond donors (Lipinski definition) is 0. The molecular formula is C14H19Br. The molecule has 0 unspecified atom stereocenters. The maximum Gasteiger partial charge on any atom is 0.0210 e. The molecule has 0 amide bonds. The van der Waals surface area contributed by atoms with Gasteiger partial charge in [0.2, 0.25) is 0 Å². The Bertz CT molecular complexity index is 343. The summed E-state index contributed by atoms with van der Waals surface area (Å²) in [7, 11) is 0. The van der Waals surface area contributed by atoms with Gasteiger partial charge in [-0.25, -0.2) is 0 Å². The second-order valence-electron chi connectivity index (χ2n) is 4.31. The van der Waals surface area contributed by atoms with Crippen LogP contribution in [0.25, 0.3) is 0 Å². The Morgan fingerprint density at radius 2 is 2.07 bits per heavy atom. The van der Waals surface area contributed by atoms with Crippen LogP contribution in [0.4, 0.5) is 0 Å². The largest absolute Gasteiger partial charge is 0.103 e. The van der Waals surface area contributed by atoms with Crippen LogP contribution >= 0.6 is 15.9 Å². The van der Waals surface area contributed by atoms with Crippen LogP contribution in [0.5, 0.6) is 0 Å². The van der Waals surface area contributed by atoms with Crippen LogP contribution in [-0.4, -0.2) is 0 Å². The van der Waals surface area contributed by atoms with E-state index in [1.54, 1.807) is 0 Å². The van der Waals surface area contributed by atoms with Gasteiger partial charge in [0.25, 0.3) is 0 Å². The Hall–Kier alpha value is -0.560. The Kier molecular flexibility index (Phi) is 4.15. The smallest absolute Gasteiger partial charge is 0.0210 e. The molecule has 1 heteroatoms. The van der Waals surface area contributed by atoms with E-state index in [0.717, 1.165) is 6.42 Å². The molecule has 1 aromatic rings. The van der Waals surface area contributed by atoms with Crippen molar-refractivity contribution in [1.82, 2.24) is 0 Å². The molecule has 0 aliphatic heterocycles. The Labute approximate surface area is 102 Å². The van der Waals surface area contributed by atoms with Gasteiger partial charge in [-0.3, -0.25) is 0 Å². The van der Waals surface area contributed by atoms with Crippen LogP contribution in [0.3, 0.4) is 0 Å². The van der Waals surface area contributed by atoms with E-state index in [0.29, 0.717) is 5.92 Å². The molecule has 0 aliphatic carbocycles. The van der Waals surface area contributed by atoms with Gasteiger partial charge in [0.05, 0.1) is 0 Å². The zero-order valence-electron chi connectivity index (χ0n) is 9.76. The van der Waals surface area contributed by atoms with Crippen LogP contribution < -0.4 is 0 Å². The fourth-order valence-corrected chi connectivity index (χ4v) is 2.44. The minimum Gasteiger partial charge on any atom is -0.103 e. The molecule has 0 saturated carbocycles. The summed E-state index contributed by atoms with van der Waals surface area (Å²) in [6.45, 7) is 10.7. The van der Waals surface area contributed by atoms with Crippen molar-refractivity contribution < 1.29 is 0 Å². The third-order valence-corrected chi connectivity index (χ3v) is 4.31. The summed E-state index contributed by atoms with van der Waals surface area (Å²) in [4.78, 5) is 0. The second-order valence-corrected chi connectivity index (χ2v) is 5.16. The number of allylic oxidation sites excluding steroid dienone is 1. The monoisotopic (exact) mass is 266 g/mol. The zero-order chi connectivity index (χ0) is 11.5. The average molecular weight is 267 g/mol. The molecule has 0 aliphatic rings. The molecule has 0 heterocycles. The second kappa shape index (κ2) is 4.98. The lowest BCUT2D eigenvalue weighted by Gasteiger charge is -2.32. The van der Waals surface area contributed by atoms with Gasteiger partial charge in [-0.15, -0.1) is 6.58 Å². The lowest BCUT2D eigenvalue weighted by molar-refractivity contribution is 0.341. The van der Waals surface area contributed by atoms with Crippen molar-refractivity contribution in [2.75, 3.05) is 0 Å². The molecule has 0 N–H and O–H groups in total. The Morgan fingerprint density at radius 1 is 1.47 bits per heavy atom. The van der Waals surface area contributed by atoms with Crippen molar-refractivity contribution in [3.8, 4) is 0 Å². The molecule has 0 spiro atoms. The van der Waals surface area contributed by atoms with Gasteiger partial charge >= 0.3 is 0 Å². The first kappa shape index (κ1) is 12.5. The molecule has 0 radical (unpaired) electrons. The molecule has 0 fully saturated rings. The zero-order valence-corrected chi connectivity index (χ0v) is 11.3. The highest BCUT2D eigenvalue weighted by Crippen LogP contribution is 2.41. The van der Waals surface area contributed by atoms with Crippen LogP contribution in [0.15, 0.2) is 41.4 Å². The predicted octanol–water partition coefficient (Wildman–Crippen LogP) is 5.15. The fourth-order valence-electron chi connectivity index (χ4n) is 1.81. The van der Waals surface area contributed by atoms with E-state index in [4.69, 9.17) is 0 Å². The molecule has 0 saturated heterocycles. The van der Waals surface area contributed by atoms with Gasteiger partial charge < -0.3 is 0 Å². The molecule has 0 bridgehead atoms. The maximum atomic E-state index is 3.96. The lowest BCUT2D eigenvalue weighted by atomic mass is 9.73. The number of rotatable bonds is 4. The van der Waals surface area contributed by atoms with E-state index in [9.17, 15) is 0 Å². The third-order valence-electron chi connectivity index (χ3n) is 3.59. The van der Waals surface area contributed by atoms with Gasteiger partial charge in [0.1, 0.15) is 0 Å². The summed E-state index contributed by atoms with van der Waals surface area (Å²) in [5.74, 6) is 0.482. The summed E-state index contributed by atoms with van der Waals surface area (Å²) < 4.78 is 1.19. The fraction of sp³-hybridized carbons (Fsp3) is 0.429. The van der Waals surface area contributed by atoms with Crippen molar-refractivity contribution in [2.45, 2.75) is 33.1 Å². The summed E-state index contributed by atoms with van der Waals surface area (Å²) in [6.07, 6.45) is 3.19. The summed E-state index contributed by atoms with van der Waals surface area (Å²) in [5, 5.41) is 0.